The van der Waals surface area contributed by atoms with Crippen LogP contribution in [0, 0.1) is 5.92 Å². The van der Waals surface area contributed by atoms with Gasteiger partial charge in [0.1, 0.15) is 13.2 Å². The van der Waals surface area contributed by atoms with Gasteiger partial charge in [-0.2, -0.15) is 0 Å². The molecule has 1 aliphatic carbocycles. The summed E-state index contributed by atoms with van der Waals surface area (Å²) < 4.78 is 17.1. The third-order valence-corrected chi connectivity index (χ3v) is 7.91. The minimum Gasteiger partial charge on any atom is -0.448 e. The zero-order valence-electron chi connectivity index (χ0n) is 21.3. The van der Waals surface area contributed by atoms with Crippen molar-refractivity contribution in [3.05, 3.63) is 95.6 Å². The Labute approximate surface area is 222 Å². The van der Waals surface area contributed by atoms with E-state index in [4.69, 9.17) is 14.2 Å². The molecule has 0 spiro atoms. The zero-order chi connectivity index (χ0) is 25.9. The highest BCUT2D eigenvalue weighted by atomic mass is 16.6. The molecule has 2 saturated heterocycles. The summed E-state index contributed by atoms with van der Waals surface area (Å²) in [6.45, 7) is 2.03. The summed E-state index contributed by atoms with van der Waals surface area (Å²) in [5, 5.41) is 2.90. The summed E-state index contributed by atoms with van der Waals surface area (Å²) in [6.07, 6.45) is 0.798. The fraction of sp³-hybridized carbons (Fsp3) is 0.355. The maximum absolute atomic E-state index is 13.3. The first-order valence-corrected chi connectivity index (χ1v) is 13.3. The number of ether oxygens (including phenoxy) is 3. The molecule has 3 aliphatic rings. The molecule has 7 nitrogen and oxygen atoms in total. The van der Waals surface area contributed by atoms with Crippen LogP contribution in [0.3, 0.4) is 0 Å². The molecule has 3 aromatic carbocycles. The molecule has 2 unspecified atom stereocenters. The van der Waals surface area contributed by atoms with Crippen molar-refractivity contribution in [1.29, 1.82) is 0 Å². The Balaban J connectivity index is 1.04. The van der Waals surface area contributed by atoms with Crippen LogP contribution in [0.4, 0.5) is 9.59 Å². The molecule has 38 heavy (non-hydrogen) atoms. The third kappa shape index (κ3) is 4.98. The number of rotatable bonds is 6. The molecule has 2 amide bonds. The van der Waals surface area contributed by atoms with Crippen LogP contribution in [0.1, 0.15) is 35.4 Å². The van der Waals surface area contributed by atoms with Crippen LogP contribution in [-0.2, 0) is 20.8 Å². The number of benzene rings is 3. The second-order valence-corrected chi connectivity index (χ2v) is 10.3. The van der Waals surface area contributed by atoms with E-state index < -0.39 is 6.09 Å². The topological polar surface area (TPSA) is 77.1 Å². The van der Waals surface area contributed by atoms with E-state index in [0.29, 0.717) is 26.4 Å². The number of morpholine rings is 1. The number of hydrogen-bond acceptors (Lipinski definition) is 5. The molecular weight excluding hydrogens is 480 g/mol. The SMILES string of the molecule is O=C(NCC1CC2COCC(C1)N2C(=O)OCC1c2ccccc2-c2ccccc21)OCc1ccccc1. The summed E-state index contributed by atoms with van der Waals surface area (Å²) in [7, 11) is 0. The second-order valence-electron chi connectivity index (χ2n) is 10.3. The Kier molecular flexibility index (Phi) is 7.01. The Bertz CT molecular complexity index is 1240. The second kappa shape index (κ2) is 10.9. The average Bonchev–Trinajstić information content (AvgIpc) is 3.27. The molecule has 2 fully saturated rings. The van der Waals surface area contributed by atoms with Crippen LogP contribution >= 0.6 is 0 Å². The lowest BCUT2D eigenvalue weighted by Crippen LogP contribution is -2.60. The molecule has 2 bridgehead atoms. The minimum absolute atomic E-state index is 0.0334. The lowest BCUT2D eigenvalue weighted by Gasteiger charge is -2.47. The molecule has 0 aromatic heterocycles. The highest BCUT2D eigenvalue weighted by molar-refractivity contribution is 5.79. The van der Waals surface area contributed by atoms with Crippen LogP contribution in [0.2, 0.25) is 0 Å². The fourth-order valence-electron chi connectivity index (χ4n) is 6.16. The van der Waals surface area contributed by atoms with Crippen LogP contribution in [-0.4, -0.2) is 55.5 Å². The van der Waals surface area contributed by atoms with E-state index in [1.165, 1.54) is 22.3 Å². The molecule has 2 heterocycles. The highest BCUT2D eigenvalue weighted by Gasteiger charge is 2.43. The van der Waals surface area contributed by atoms with Crippen molar-refractivity contribution in [2.75, 3.05) is 26.4 Å². The Morgan fingerprint density at radius 3 is 2.08 bits per heavy atom. The number of carbonyl (C=O) groups is 2. The number of amides is 2. The first kappa shape index (κ1) is 24.5. The molecule has 0 saturated carbocycles. The molecule has 6 rings (SSSR count). The number of nitrogens with one attached hydrogen (secondary N) is 1. The van der Waals surface area contributed by atoms with Crippen LogP contribution in [0.25, 0.3) is 11.1 Å². The standard InChI is InChI=1S/C31H32N2O5/c34-30(37-17-21-8-2-1-3-9-21)32-16-22-14-23-18-36-19-24(15-22)33(23)31(35)38-20-29-27-12-6-4-10-25(27)26-11-5-7-13-28(26)29/h1-13,22-24,29H,14-20H2,(H,32,34). The third-order valence-electron chi connectivity index (χ3n) is 7.91. The first-order chi connectivity index (χ1) is 18.7. The van der Waals surface area contributed by atoms with E-state index in [1.807, 2.05) is 59.5 Å². The number of hydrogen-bond donors (Lipinski definition) is 1. The van der Waals surface area contributed by atoms with Crippen molar-refractivity contribution >= 4 is 12.2 Å². The van der Waals surface area contributed by atoms with Gasteiger partial charge in [0, 0.05) is 12.5 Å². The van der Waals surface area contributed by atoms with Crippen molar-refractivity contribution in [3.8, 4) is 11.1 Å². The predicted molar refractivity (Wildman–Crippen MR) is 143 cm³/mol. The van der Waals surface area contributed by atoms with Crippen LogP contribution < -0.4 is 5.32 Å². The van der Waals surface area contributed by atoms with Crippen molar-refractivity contribution in [2.45, 2.75) is 37.5 Å². The van der Waals surface area contributed by atoms with Gasteiger partial charge in [0.25, 0.3) is 0 Å². The Morgan fingerprint density at radius 1 is 0.816 bits per heavy atom. The molecule has 7 heteroatoms. The lowest BCUT2D eigenvalue weighted by atomic mass is 9.85. The van der Waals surface area contributed by atoms with Gasteiger partial charge < -0.3 is 19.5 Å². The van der Waals surface area contributed by atoms with Gasteiger partial charge in [0.05, 0.1) is 25.3 Å². The number of fused-ring (bicyclic) bond motifs is 5. The molecule has 2 atom stereocenters. The largest absolute Gasteiger partial charge is 0.448 e. The predicted octanol–water partition coefficient (Wildman–Crippen LogP) is 5.34. The summed E-state index contributed by atoms with van der Waals surface area (Å²) >= 11 is 0. The van der Waals surface area contributed by atoms with Crippen molar-refractivity contribution < 1.29 is 23.8 Å². The van der Waals surface area contributed by atoms with Gasteiger partial charge in [-0.1, -0.05) is 78.9 Å². The van der Waals surface area contributed by atoms with E-state index in [1.54, 1.807) is 0 Å². The van der Waals surface area contributed by atoms with Crippen molar-refractivity contribution in [1.82, 2.24) is 10.2 Å². The molecule has 3 aromatic rings. The van der Waals surface area contributed by atoms with E-state index in [9.17, 15) is 9.59 Å². The molecule has 2 aliphatic heterocycles. The Hall–Kier alpha value is -3.84. The fourth-order valence-corrected chi connectivity index (χ4v) is 6.16. The molecule has 196 valence electrons. The van der Waals surface area contributed by atoms with Crippen molar-refractivity contribution in [3.63, 3.8) is 0 Å². The maximum atomic E-state index is 13.3. The first-order valence-electron chi connectivity index (χ1n) is 13.3. The van der Waals surface area contributed by atoms with Gasteiger partial charge in [-0.05, 0) is 46.6 Å². The van der Waals surface area contributed by atoms with E-state index >= 15 is 0 Å². The van der Waals surface area contributed by atoms with E-state index in [2.05, 4.69) is 29.6 Å². The zero-order valence-corrected chi connectivity index (χ0v) is 21.3. The minimum atomic E-state index is -0.422. The summed E-state index contributed by atoms with van der Waals surface area (Å²) in [4.78, 5) is 27.4. The normalized spacial score (nSPS) is 21.8. The Morgan fingerprint density at radius 2 is 1.42 bits per heavy atom. The number of carbonyl (C=O) groups excluding carboxylic acids is 2. The average molecular weight is 513 g/mol. The monoisotopic (exact) mass is 512 g/mol. The van der Waals surface area contributed by atoms with Gasteiger partial charge in [-0.3, -0.25) is 4.90 Å². The van der Waals surface area contributed by atoms with Gasteiger partial charge in [-0.15, -0.1) is 0 Å². The number of alkyl carbamates (subject to hydrolysis) is 1. The summed E-state index contributed by atoms with van der Waals surface area (Å²) in [5.41, 5.74) is 5.78. The van der Waals surface area contributed by atoms with Gasteiger partial charge in [0.15, 0.2) is 0 Å². The lowest BCUT2D eigenvalue weighted by molar-refractivity contribution is -0.0782. The van der Waals surface area contributed by atoms with E-state index in [0.717, 1.165) is 18.4 Å². The van der Waals surface area contributed by atoms with E-state index in [-0.39, 0.29) is 36.6 Å². The molecule has 0 radical (unpaired) electrons. The van der Waals surface area contributed by atoms with Crippen molar-refractivity contribution in [2.24, 2.45) is 5.92 Å². The maximum Gasteiger partial charge on any atom is 0.410 e. The van der Waals surface area contributed by atoms with Crippen LogP contribution in [0.5, 0.6) is 0 Å². The smallest absolute Gasteiger partial charge is 0.410 e. The quantitative estimate of drug-likeness (QED) is 0.482. The van der Waals surface area contributed by atoms with Gasteiger partial charge in [-0.25, -0.2) is 9.59 Å². The summed E-state index contributed by atoms with van der Waals surface area (Å²) in [6, 6.07) is 26.2. The highest BCUT2D eigenvalue weighted by Crippen LogP contribution is 2.44. The van der Waals surface area contributed by atoms with Gasteiger partial charge in [0.2, 0.25) is 0 Å². The summed E-state index contributed by atoms with van der Waals surface area (Å²) in [5.74, 6) is 0.280. The number of piperidine rings is 1. The van der Waals surface area contributed by atoms with Crippen LogP contribution in [0.15, 0.2) is 78.9 Å². The van der Waals surface area contributed by atoms with Gasteiger partial charge >= 0.3 is 12.2 Å². The molecular formula is C31H32N2O5. The molecule has 1 N–H and O–H groups in total. The number of nitrogens with zero attached hydrogens (tertiary/aromatic N) is 1.